The molecule has 4 aromatic rings. The van der Waals surface area contributed by atoms with Crippen molar-refractivity contribution in [2.45, 2.75) is 13.3 Å². The van der Waals surface area contributed by atoms with Crippen LogP contribution in [0.15, 0.2) is 54.7 Å². The van der Waals surface area contributed by atoms with Gasteiger partial charge in [0.1, 0.15) is 10.6 Å². The molecule has 0 amide bonds. The van der Waals surface area contributed by atoms with E-state index in [2.05, 4.69) is 22.1 Å². The van der Waals surface area contributed by atoms with Gasteiger partial charge in [0, 0.05) is 28.8 Å². The van der Waals surface area contributed by atoms with Crippen molar-refractivity contribution in [3.05, 3.63) is 70.9 Å². The first-order chi connectivity index (χ1) is 11.7. The summed E-state index contributed by atoms with van der Waals surface area (Å²) >= 11 is 1.66. The lowest BCUT2D eigenvalue weighted by atomic mass is 10.1. The Morgan fingerprint density at radius 1 is 1.04 bits per heavy atom. The minimum absolute atomic E-state index is 0.531. The van der Waals surface area contributed by atoms with Crippen molar-refractivity contribution >= 4 is 27.4 Å². The highest BCUT2D eigenvalue weighted by Gasteiger charge is 2.11. The molecule has 118 valence electrons. The van der Waals surface area contributed by atoms with E-state index in [9.17, 15) is 0 Å². The normalized spacial score (nSPS) is 11.0. The van der Waals surface area contributed by atoms with Crippen LogP contribution in [0.2, 0.25) is 0 Å². The van der Waals surface area contributed by atoms with Gasteiger partial charge in [-0.15, -0.1) is 11.3 Å². The summed E-state index contributed by atoms with van der Waals surface area (Å²) < 4.78 is 0. The molecule has 0 fully saturated rings. The Labute approximate surface area is 144 Å². The zero-order valence-electron chi connectivity index (χ0n) is 13.2. The summed E-state index contributed by atoms with van der Waals surface area (Å²) in [5.74, 6) is 1.20. The fourth-order valence-corrected chi connectivity index (χ4v) is 3.67. The number of hydrogen-bond acceptors (Lipinski definition) is 5. The molecule has 0 saturated carbocycles. The van der Waals surface area contributed by atoms with Gasteiger partial charge in [-0.3, -0.25) is 4.98 Å². The molecule has 4 nitrogen and oxygen atoms in total. The number of aromatic nitrogens is 3. The van der Waals surface area contributed by atoms with E-state index in [0.29, 0.717) is 11.6 Å². The maximum absolute atomic E-state index is 6.16. The van der Waals surface area contributed by atoms with Gasteiger partial charge in [-0.1, -0.05) is 36.4 Å². The first-order valence-corrected chi connectivity index (χ1v) is 8.53. The van der Waals surface area contributed by atoms with Crippen LogP contribution in [0.25, 0.3) is 21.6 Å². The highest BCUT2D eigenvalue weighted by Crippen LogP contribution is 2.31. The van der Waals surface area contributed by atoms with E-state index in [1.54, 1.807) is 11.3 Å². The van der Waals surface area contributed by atoms with Gasteiger partial charge in [0.15, 0.2) is 5.82 Å². The molecule has 2 N–H and O–H groups in total. The van der Waals surface area contributed by atoms with Gasteiger partial charge < -0.3 is 5.73 Å². The summed E-state index contributed by atoms with van der Waals surface area (Å²) in [4.78, 5) is 15.6. The van der Waals surface area contributed by atoms with Gasteiger partial charge in [-0.05, 0) is 24.6 Å². The Morgan fingerprint density at radius 3 is 2.62 bits per heavy atom. The molecule has 0 radical (unpaired) electrons. The first-order valence-electron chi connectivity index (χ1n) is 7.72. The molecular weight excluding hydrogens is 316 g/mol. The first kappa shape index (κ1) is 14.8. The van der Waals surface area contributed by atoms with Gasteiger partial charge >= 0.3 is 0 Å². The van der Waals surface area contributed by atoms with Crippen molar-refractivity contribution in [3.63, 3.8) is 0 Å². The van der Waals surface area contributed by atoms with Crippen LogP contribution in [0.5, 0.6) is 0 Å². The maximum Gasteiger partial charge on any atom is 0.163 e. The van der Waals surface area contributed by atoms with Gasteiger partial charge in [0.2, 0.25) is 0 Å². The van der Waals surface area contributed by atoms with Crippen molar-refractivity contribution < 1.29 is 0 Å². The van der Waals surface area contributed by atoms with Crippen molar-refractivity contribution in [2.24, 2.45) is 0 Å². The van der Waals surface area contributed by atoms with E-state index in [4.69, 9.17) is 10.7 Å². The standard InChI is InChI=1S/C19H16N4S/c1-12-7-8-13(11-21-12)9-15-10-16-17(20)22-18(23-19(16)24-15)14-5-3-2-4-6-14/h2-8,10-11H,9H2,1H3,(H2,20,22,23). The fraction of sp³-hybridized carbons (Fsp3) is 0.105. The third-order valence-electron chi connectivity index (χ3n) is 3.86. The van der Waals surface area contributed by atoms with Crippen LogP contribution in [0.4, 0.5) is 5.82 Å². The molecule has 0 bridgehead atoms. The smallest absolute Gasteiger partial charge is 0.163 e. The number of fused-ring (bicyclic) bond motifs is 1. The highest BCUT2D eigenvalue weighted by atomic mass is 32.1. The van der Waals surface area contributed by atoms with E-state index in [1.165, 1.54) is 10.4 Å². The Hall–Kier alpha value is -2.79. The number of aryl methyl sites for hydroxylation is 1. The second-order valence-electron chi connectivity index (χ2n) is 5.71. The topological polar surface area (TPSA) is 64.7 Å². The Kier molecular flexibility index (Phi) is 3.70. The minimum atomic E-state index is 0.531. The largest absolute Gasteiger partial charge is 0.383 e. The summed E-state index contributed by atoms with van der Waals surface area (Å²) in [7, 11) is 0. The second-order valence-corrected chi connectivity index (χ2v) is 6.83. The molecule has 5 heteroatoms. The Balaban J connectivity index is 1.72. The molecule has 0 saturated heterocycles. The average Bonchev–Trinajstić information content (AvgIpc) is 3.01. The number of pyridine rings is 1. The number of hydrogen-bond donors (Lipinski definition) is 1. The molecule has 24 heavy (non-hydrogen) atoms. The molecule has 3 aromatic heterocycles. The SMILES string of the molecule is Cc1ccc(Cc2cc3c(N)nc(-c4ccccc4)nc3s2)cn1. The number of nitrogen functional groups attached to an aromatic ring is 1. The van der Waals surface area contributed by atoms with Gasteiger partial charge in [0.25, 0.3) is 0 Å². The number of nitrogens with two attached hydrogens (primary N) is 1. The minimum Gasteiger partial charge on any atom is -0.383 e. The van der Waals surface area contributed by atoms with Gasteiger partial charge in [-0.25, -0.2) is 9.97 Å². The zero-order chi connectivity index (χ0) is 16.5. The molecule has 0 unspecified atom stereocenters. The van der Waals surface area contributed by atoms with E-state index in [0.717, 1.165) is 27.9 Å². The number of rotatable bonds is 3. The van der Waals surface area contributed by atoms with Crippen molar-refractivity contribution in [1.82, 2.24) is 15.0 Å². The van der Waals surface area contributed by atoms with Crippen LogP contribution >= 0.6 is 11.3 Å². The molecule has 1 aromatic carbocycles. The molecule has 0 aliphatic heterocycles. The molecule has 0 aliphatic carbocycles. The highest BCUT2D eigenvalue weighted by molar-refractivity contribution is 7.18. The van der Waals surface area contributed by atoms with E-state index in [1.807, 2.05) is 49.5 Å². The number of nitrogens with zero attached hydrogens (tertiary/aromatic N) is 3. The van der Waals surface area contributed by atoms with Crippen LogP contribution in [0, 0.1) is 6.92 Å². The molecule has 4 rings (SSSR count). The Morgan fingerprint density at radius 2 is 1.88 bits per heavy atom. The quantitative estimate of drug-likeness (QED) is 0.609. The van der Waals surface area contributed by atoms with Crippen molar-refractivity contribution in [3.8, 4) is 11.4 Å². The molecule has 0 atom stereocenters. The summed E-state index contributed by atoms with van der Waals surface area (Å²) in [5.41, 5.74) is 9.35. The van der Waals surface area contributed by atoms with E-state index in [-0.39, 0.29) is 0 Å². The van der Waals surface area contributed by atoms with Crippen LogP contribution in [0.1, 0.15) is 16.1 Å². The molecule has 0 spiro atoms. The summed E-state index contributed by atoms with van der Waals surface area (Å²) in [6.07, 6.45) is 2.75. The average molecular weight is 332 g/mol. The fourth-order valence-electron chi connectivity index (χ4n) is 2.60. The lowest BCUT2D eigenvalue weighted by Crippen LogP contribution is -1.95. The van der Waals surface area contributed by atoms with Gasteiger partial charge in [-0.2, -0.15) is 0 Å². The van der Waals surface area contributed by atoms with Gasteiger partial charge in [0.05, 0.1) is 5.39 Å². The second kappa shape index (κ2) is 6.02. The monoisotopic (exact) mass is 332 g/mol. The number of anilines is 1. The maximum atomic E-state index is 6.16. The van der Waals surface area contributed by atoms with E-state index >= 15 is 0 Å². The van der Waals surface area contributed by atoms with Crippen LogP contribution in [0.3, 0.4) is 0 Å². The third kappa shape index (κ3) is 2.86. The predicted octanol–water partition coefficient (Wildman–Crippen LogP) is 4.23. The molecule has 0 aliphatic rings. The zero-order valence-corrected chi connectivity index (χ0v) is 14.0. The third-order valence-corrected chi connectivity index (χ3v) is 4.89. The summed E-state index contributed by atoms with van der Waals surface area (Å²) in [6, 6.07) is 16.1. The van der Waals surface area contributed by atoms with Crippen molar-refractivity contribution in [1.29, 1.82) is 0 Å². The lowest BCUT2D eigenvalue weighted by molar-refractivity contribution is 1.12. The van der Waals surface area contributed by atoms with Crippen LogP contribution in [-0.2, 0) is 6.42 Å². The number of thiophene rings is 1. The summed E-state index contributed by atoms with van der Waals surface area (Å²) in [6.45, 7) is 1.99. The van der Waals surface area contributed by atoms with Crippen molar-refractivity contribution in [2.75, 3.05) is 5.73 Å². The van der Waals surface area contributed by atoms with E-state index < -0.39 is 0 Å². The van der Waals surface area contributed by atoms with Crippen LogP contribution in [-0.4, -0.2) is 15.0 Å². The predicted molar refractivity (Wildman–Crippen MR) is 99.0 cm³/mol. The Bertz CT molecular complexity index is 991. The molecular formula is C19H16N4S. The summed E-state index contributed by atoms with van der Waals surface area (Å²) in [5, 5.41) is 0.926. The number of benzene rings is 1. The van der Waals surface area contributed by atoms with Crippen LogP contribution < -0.4 is 5.73 Å². The molecule has 3 heterocycles. The lowest BCUT2D eigenvalue weighted by Gasteiger charge is -2.01.